The van der Waals surface area contributed by atoms with Crippen LogP contribution in [0.3, 0.4) is 0 Å². The molecule has 4 rings (SSSR count). The zero-order valence-electron chi connectivity index (χ0n) is 21.3. The first-order valence-corrected chi connectivity index (χ1v) is 12.3. The van der Waals surface area contributed by atoms with E-state index < -0.39 is 0 Å². The van der Waals surface area contributed by atoms with Crippen molar-refractivity contribution < 1.29 is 23.7 Å². The van der Waals surface area contributed by atoms with E-state index in [2.05, 4.69) is 22.3 Å². The molecule has 8 nitrogen and oxygen atoms in total. The lowest BCUT2D eigenvalue weighted by molar-refractivity contribution is 0.143. The van der Waals surface area contributed by atoms with Gasteiger partial charge in [0.25, 0.3) is 0 Å². The molecule has 8 heteroatoms. The molecule has 2 aliphatic heterocycles. The molecule has 1 saturated heterocycles. The Bertz CT molecular complexity index is 1030. The molecule has 1 fully saturated rings. The number of amides is 2. The van der Waals surface area contributed by atoms with Crippen LogP contribution in [0.4, 0.5) is 10.5 Å². The first-order chi connectivity index (χ1) is 17.0. The lowest BCUT2D eigenvalue weighted by atomic mass is 9.96. The van der Waals surface area contributed by atoms with E-state index >= 15 is 0 Å². The van der Waals surface area contributed by atoms with E-state index in [1.165, 1.54) is 5.56 Å². The van der Waals surface area contributed by atoms with E-state index in [0.29, 0.717) is 24.0 Å². The van der Waals surface area contributed by atoms with Crippen molar-refractivity contribution in [3.63, 3.8) is 0 Å². The van der Waals surface area contributed by atoms with E-state index in [-0.39, 0.29) is 6.03 Å². The van der Waals surface area contributed by atoms with Crippen LogP contribution in [0, 0.1) is 5.92 Å². The maximum Gasteiger partial charge on any atom is 0.321 e. The second-order valence-corrected chi connectivity index (χ2v) is 9.24. The van der Waals surface area contributed by atoms with Gasteiger partial charge in [-0.3, -0.25) is 0 Å². The number of nitrogens with zero attached hydrogens (tertiary/aromatic N) is 2. The van der Waals surface area contributed by atoms with Crippen molar-refractivity contribution in [2.45, 2.75) is 25.7 Å². The maximum atomic E-state index is 13.0. The summed E-state index contributed by atoms with van der Waals surface area (Å²) in [4.78, 5) is 17.5. The number of carbonyl (C=O) groups excluding carboxylic acids is 1. The number of benzene rings is 2. The third-order valence-electron chi connectivity index (χ3n) is 7.04. The standard InChI is InChI=1S/C27H37N3O5/c1-32-23-8-7-19(14-24(23)33-2)9-12-29-11-5-6-20(17-29)18-30-13-10-21-15-25(34-3)26(35-4)16-22(21)28-27(30)31/h7-8,14-16,20H,5-6,9-13,17-18H2,1-4H3,(H,28,31). The van der Waals surface area contributed by atoms with Gasteiger partial charge in [-0.05, 0) is 67.5 Å². The highest BCUT2D eigenvalue weighted by atomic mass is 16.5. The molecule has 2 aromatic rings. The van der Waals surface area contributed by atoms with Crippen molar-refractivity contribution in [3.8, 4) is 23.0 Å². The molecular weight excluding hydrogens is 446 g/mol. The van der Waals surface area contributed by atoms with Crippen LogP contribution in [0.25, 0.3) is 0 Å². The zero-order chi connectivity index (χ0) is 24.8. The van der Waals surface area contributed by atoms with E-state index in [1.807, 2.05) is 23.1 Å². The number of methoxy groups -OCH3 is 4. The van der Waals surface area contributed by atoms with Gasteiger partial charge >= 0.3 is 6.03 Å². The largest absolute Gasteiger partial charge is 0.493 e. The van der Waals surface area contributed by atoms with Gasteiger partial charge in [0.2, 0.25) is 0 Å². The second kappa shape index (κ2) is 11.5. The van der Waals surface area contributed by atoms with Gasteiger partial charge in [-0.1, -0.05) is 6.07 Å². The molecule has 1 atom stereocenters. The van der Waals surface area contributed by atoms with Gasteiger partial charge in [0, 0.05) is 37.9 Å². The molecule has 1 unspecified atom stereocenters. The van der Waals surface area contributed by atoms with Gasteiger partial charge < -0.3 is 34.1 Å². The molecule has 0 aromatic heterocycles. The monoisotopic (exact) mass is 483 g/mol. The van der Waals surface area contributed by atoms with Gasteiger partial charge in [0.15, 0.2) is 23.0 Å². The number of urea groups is 1. The minimum Gasteiger partial charge on any atom is -0.493 e. The van der Waals surface area contributed by atoms with Crippen molar-refractivity contribution in [3.05, 3.63) is 41.5 Å². The van der Waals surface area contributed by atoms with Crippen LogP contribution in [0.1, 0.15) is 24.0 Å². The average Bonchev–Trinajstić information content (AvgIpc) is 3.04. The molecule has 0 bridgehead atoms. The molecule has 2 aliphatic rings. The molecular formula is C27H37N3O5. The molecule has 0 radical (unpaired) electrons. The maximum absolute atomic E-state index is 13.0. The Morgan fingerprint density at radius 2 is 1.63 bits per heavy atom. The van der Waals surface area contributed by atoms with Crippen molar-refractivity contribution in [1.82, 2.24) is 9.80 Å². The Morgan fingerprint density at radius 1 is 0.914 bits per heavy atom. The van der Waals surface area contributed by atoms with Gasteiger partial charge in [-0.2, -0.15) is 0 Å². The zero-order valence-corrected chi connectivity index (χ0v) is 21.3. The number of likely N-dealkylation sites (tertiary alicyclic amines) is 1. The molecule has 0 spiro atoms. The summed E-state index contributed by atoms with van der Waals surface area (Å²) in [6, 6.07) is 9.91. The number of hydrogen-bond donors (Lipinski definition) is 1. The van der Waals surface area contributed by atoms with Gasteiger partial charge in [-0.25, -0.2) is 4.79 Å². The molecule has 35 heavy (non-hydrogen) atoms. The Morgan fingerprint density at radius 3 is 2.37 bits per heavy atom. The predicted molar refractivity (Wildman–Crippen MR) is 136 cm³/mol. The fraction of sp³-hybridized carbons (Fsp3) is 0.519. The molecule has 2 amide bonds. The molecule has 2 aromatic carbocycles. The molecule has 1 N–H and O–H groups in total. The summed E-state index contributed by atoms with van der Waals surface area (Å²) >= 11 is 0. The third kappa shape index (κ3) is 5.93. The van der Waals surface area contributed by atoms with Crippen LogP contribution >= 0.6 is 0 Å². The number of anilines is 1. The van der Waals surface area contributed by atoms with Crippen LogP contribution in [-0.4, -0.2) is 77.0 Å². The Balaban J connectivity index is 1.33. The van der Waals surface area contributed by atoms with Crippen molar-refractivity contribution >= 4 is 11.7 Å². The second-order valence-electron chi connectivity index (χ2n) is 9.24. The Hall–Kier alpha value is -3.13. The quantitative estimate of drug-likeness (QED) is 0.580. The molecule has 0 aliphatic carbocycles. The third-order valence-corrected chi connectivity index (χ3v) is 7.04. The lowest BCUT2D eigenvalue weighted by Crippen LogP contribution is -2.44. The van der Waals surface area contributed by atoms with Gasteiger partial charge in [0.1, 0.15) is 0 Å². The van der Waals surface area contributed by atoms with E-state index in [0.717, 1.165) is 74.6 Å². The van der Waals surface area contributed by atoms with Crippen LogP contribution in [-0.2, 0) is 12.8 Å². The summed E-state index contributed by atoms with van der Waals surface area (Å²) in [5, 5.41) is 3.08. The van der Waals surface area contributed by atoms with Crippen LogP contribution < -0.4 is 24.3 Å². The molecule has 2 heterocycles. The first-order valence-electron chi connectivity index (χ1n) is 12.3. The van der Waals surface area contributed by atoms with Gasteiger partial charge in [0.05, 0.1) is 28.4 Å². The number of carbonyl (C=O) groups is 1. The number of ether oxygens (including phenoxy) is 4. The van der Waals surface area contributed by atoms with Crippen LogP contribution in [0.15, 0.2) is 30.3 Å². The minimum atomic E-state index is -0.0431. The Kier molecular flexibility index (Phi) is 8.23. The SMILES string of the molecule is COc1ccc(CCN2CCCC(CN3CCc4cc(OC)c(OC)cc4NC3=O)C2)cc1OC. The lowest BCUT2D eigenvalue weighted by Gasteiger charge is -2.35. The summed E-state index contributed by atoms with van der Waals surface area (Å²) < 4.78 is 21.6. The van der Waals surface area contributed by atoms with Crippen LogP contribution in [0.5, 0.6) is 23.0 Å². The topological polar surface area (TPSA) is 72.5 Å². The van der Waals surface area contributed by atoms with E-state index in [9.17, 15) is 4.79 Å². The fourth-order valence-corrected chi connectivity index (χ4v) is 5.11. The molecule has 0 saturated carbocycles. The number of hydrogen-bond acceptors (Lipinski definition) is 6. The highest BCUT2D eigenvalue weighted by Gasteiger charge is 2.27. The predicted octanol–water partition coefficient (Wildman–Crippen LogP) is 4.07. The summed E-state index contributed by atoms with van der Waals surface area (Å²) in [5.74, 6) is 3.29. The fourth-order valence-electron chi connectivity index (χ4n) is 5.11. The summed E-state index contributed by atoms with van der Waals surface area (Å²) in [6.07, 6.45) is 4.03. The number of piperidine rings is 1. The van der Waals surface area contributed by atoms with Crippen molar-refractivity contribution in [2.24, 2.45) is 5.92 Å². The Labute approximate surface area is 208 Å². The summed E-state index contributed by atoms with van der Waals surface area (Å²) in [7, 11) is 6.56. The number of fused-ring (bicyclic) bond motifs is 1. The minimum absolute atomic E-state index is 0.0431. The number of nitrogens with one attached hydrogen (secondary N) is 1. The van der Waals surface area contributed by atoms with E-state index in [1.54, 1.807) is 28.4 Å². The first kappa shape index (κ1) is 25.0. The summed E-state index contributed by atoms with van der Waals surface area (Å²) in [5.41, 5.74) is 3.11. The normalized spacial score (nSPS) is 18.3. The highest BCUT2D eigenvalue weighted by Crippen LogP contribution is 2.35. The number of rotatable bonds is 9. The molecule has 190 valence electrons. The average molecular weight is 484 g/mol. The summed E-state index contributed by atoms with van der Waals surface area (Å²) in [6.45, 7) is 4.55. The smallest absolute Gasteiger partial charge is 0.321 e. The van der Waals surface area contributed by atoms with Crippen LogP contribution in [0.2, 0.25) is 0 Å². The highest BCUT2D eigenvalue weighted by molar-refractivity contribution is 5.91. The van der Waals surface area contributed by atoms with Crippen molar-refractivity contribution in [2.75, 3.05) is 66.5 Å². The van der Waals surface area contributed by atoms with Crippen molar-refractivity contribution in [1.29, 1.82) is 0 Å². The van der Waals surface area contributed by atoms with E-state index in [4.69, 9.17) is 18.9 Å². The van der Waals surface area contributed by atoms with Gasteiger partial charge in [-0.15, -0.1) is 0 Å².